The molecule has 0 aliphatic heterocycles. The lowest BCUT2D eigenvalue weighted by Gasteiger charge is -2.09. The van der Waals surface area contributed by atoms with Crippen molar-refractivity contribution in [3.8, 4) is 0 Å². The van der Waals surface area contributed by atoms with Gasteiger partial charge in [-0.2, -0.15) is 11.8 Å². The fraction of sp³-hybridized carbons (Fsp3) is 1.00. The smallest absolute Gasteiger partial charge is 0.0630 e. The molecular weight excluding hydrogens is 328 g/mol. The van der Waals surface area contributed by atoms with Crippen LogP contribution in [-0.2, 0) is 0 Å². The van der Waals surface area contributed by atoms with Crippen LogP contribution in [0.2, 0.25) is 0 Å². The number of hydrogen-bond acceptors (Lipinski definition) is 3. The van der Waals surface area contributed by atoms with E-state index in [0.717, 1.165) is 24.3 Å². The molecule has 25 heavy (non-hydrogen) atoms. The minimum Gasteiger partial charge on any atom is -0.396 e. The number of aliphatic hydroxyl groups excluding tert-OH is 2. The second-order valence-corrected chi connectivity index (χ2v) is 8.69. The van der Waals surface area contributed by atoms with Crippen molar-refractivity contribution in [1.82, 2.24) is 0 Å². The van der Waals surface area contributed by atoms with Crippen molar-refractivity contribution in [2.24, 2.45) is 0 Å². The fourth-order valence-corrected chi connectivity index (χ4v) is 4.03. The van der Waals surface area contributed by atoms with Gasteiger partial charge in [-0.05, 0) is 6.42 Å². The molecule has 3 heteroatoms. The van der Waals surface area contributed by atoms with E-state index in [4.69, 9.17) is 5.11 Å². The molecule has 0 aliphatic carbocycles. The molecule has 0 aromatic heterocycles. The van der Waals surface area contributed by atoms with E-state index >= 15 is 0 Å². The zero-order valence-corrected chi connectivity index (χ0v) is 17.8. The number of rotatable bonds is 21. The molecule has 0 aliphatic rings. The van der Waals surface area contributed by atoms with Crippen LogP contribution in [-0.4, -0.2) is 34.4 Å². The third-order valence-electron chi connectivity index (χ3n) is 4.94. The first-order valence-corrected chi connectivity index (χ1v) is 12.3. The Balaban J connectivity index is 3.05. The number of aliphatic hydroxyl groups is 2. The topological polar surface area (TPSA) is 40.5 Å². The van der Waals surface area contributed by atoms with Gasteiger partial charge in [0.2, 0.25) is 0 Å². The number of thioether (sulfide) groups is 1. The molecule has 2 N–H and O–H groups in total. The van der Waals surface area contributed by atoms with Gasteiger partial charge in [-0.3, -0.25) is 0 Å². The van der Waals surface area contributed by atoms with Crippen molar-refractivity contribution in [3.63, 3.8) is 0 Å². The fourth-order valence-electron chi connectivity index (χ4n) is 3.30. The summed E-state index contributed by atoms with van der Waals surface area (Å²) in [5.74, 6) is 1.52. The summed E-state index contributed by atoms with van der Waals surface area (Å²) in [5, 5.41) is 18.5. The monoisotopic (exact) mass is 374 g/mol. The summed E-state index contributed by atoms with van der Waals surface area (Å²) in [4.78, 5) is 0. The van der Waals surface area contributed by atoms with Crippen molar-refractivity contribution in [3.05, 3.63) is 0 Å². The second-order valence-electron chi connectivity index (χ2n) is 7.54. The Hall–Kier alpha value is 0.270. The third-order valence-corrected chi connectivity index (χ3v) is 6.03. The van der Waals surface area contributed by atoms with E-state index in [-0.39, 0.29) is 12.7 Å². The summed E-state index contributed by atoms with van der Waals surface area (Å²) in [7, 11) is 0. The average molecular weight is 375 g/mol. The highest BCUT2D eigenvalue weighted by Gasteiger charge is 2.03. The Kier molecular flexibility index (Phi) is 22.6. The van der Waals surface area contributed by atoms with E-state index < -0.39 is 0 Å². The largest absolute Gasteiger partial charge is 0.396 e. The summed E-state index contributed by atoms with van der Waals surface area (Å²) >= 11 is 1.65. The van der Waals surface area contributed by atoms with E-state index in [0.29, 0.717) is 0 Å². The van der Waals surface area contributed by atoms with Gasteiger partial charge in [0.25, 0.3) is 0 Å². The summed E-state index contributed by atoms with van der Waals surface area (Å²) in [6, 6.07) is 0. The molecule has 2 nitrogen and oxygen atoms in total. The van der Waals surface area contributed by atoms with Gasteiger partial charge in [-0.15, -0.1) is 0 Å². The van der Waals surface area contributed by atoms with Crippen LogP contribution >= 0.6 is 11.8 Å². The van der Waals surface area contributed by atoms with E-state index in [1.165, 1.54) is 96.3 Å². The van der Waals surface area contributed by atoms with Crippen molar-refractivity contribution >= 4 is 11.8 Å². The highest BCUT2D eigenvalue weighted by atomic mass is 32.2. The van der Waals surface area contributed by atoms with Crippen LogP contribution in [0.1, 0.15) is 116 Å². The molecule has 0 saturated carbocycles. The van der Waals surface area contributed by atoms with E-state index in [9.17, 15) is 5.11 Å². The molecule has 0 rings (SSSR count). The van der Waals surface area contributed by atoms with Gasteiger partial charge in [-0.1, -0.05) is 110 Å². The Morgan fingerprint density at radius 1 is 0.640 bits per heavy atom. The molecule has 0 spiro atoms. The molecule has 152 valence electrons. The zero-order chi connectivity index (χ0) is 18.4. The van der Waals surface area contributed by atoms with Crippen molar-refractivity contribution in [1.29, 1.82) is 0 Å². The zero-order valence-electron chi connectivity index (χ0n) is 17.0. The lowest BCUT2D eigenvalue weighted by atomic mass is 10.0. The number of hydrogen-bond donors (Lipinski definition) is 2. The third kappa shape index (κ3) is 22.2. The standard InChI is InChI=1S/C22H46O2S/c1-2-3-4-5-6-7-8-9-10-11-12-13-14-15-16-17-18-22(24)21-25-20-19-23/h22-24H,2-21H2,1H3. The predicted octanol–water partition coefficient (Wildman–Crippen LogP) is 6.72. The van der Waals surface area contributed by atoms with Gasteiger partial charge in [0, 0.05) is 11.5 Å². The molecule has 0 bridgehead atoms. The van der Waals surface area contributed by atoms with Crippen LogP contribution in [0.25, 0.3) is 0 Å². The Labute approximate surface area is 162 Å². The van der Waals surface area contributed by atoms with Gasteiger partial charge in [0.1, 0.15) is 0 Å². The van der Waals surface area contributed by atoms with Crippen molar-refractivity contribution in [2.45, 2.75) is 122 Å². The second kappa shape index (κ2) is 22.3. The molecule has 0 radical (unpaired) electrons. The maximum Gasteiger partial charge on any atom is 0.0630 e. The van der Waals surface area contributed by atoms with Gasteiger partial charge in [-0.25, -0.2) is 0 Å². The van der Waals surface area contributed by atoms with Crippen LogP contribution in [0.3, 0.4) is 0 Å². The molecule has 0 amide bonds. The quantitative estimate of drug-likeness (QED) is 0.219. The lowest BCUT2D eigenvalue weighted by Crippen LogP contribution is -2.10. The normalized spacial score (nSPS) is 12.6. The molecule has 0 fully saturated rings. The molecule has 0 saturated heterocycles. The minimum atomic E-state index is -0.178. The molecule has 1 atom stereocenters. The molecule has 0 aromatic carbocycles. The average Bonchev–Trinajstić information content (AvgIpc) is 2.61. The maximum atomic E-state index is 9.79. The van der Waals surface area contributed by atoms with Gasteiger partial charge < -0.3 is 10.2 Å². The maximum absolute atomic E-state index is 9.79. The Bertz CT molecular complexity index is 236. The van der Waals surface area contributed by atoms with Gasteiger partial charge in [0.15, 0.2) is 0 Å². The van der Waals surface area contributed by atoms with E-state index in [1.54, 1.807) is 11.8 Å². The van der Waals surface area contributed by atoms with E-state index in [1.807, 2.05) is 0 Å². The molecule has 0 heterocycles. The molecule has 0 aromatic rings. The van der Waals surface area contributed by atoms with Crippen LogP contribution in [0.15, 0.2) is 0 Å². The van der Waals surface area contributed by atoms with Gasteiger partial charge in [0.05, 0.1) is 12.7 Å². The summed E-state index contributed by atoms with van der Waals surface area (Å²) in [6.45, 7) is 2.50. The minimum absolute atomic E-state index is 0.178. The van der Waals surface area contributed by atoms with Crippen LogP contribution in [0, 0.1) is 0 Å². The number of unbranched alkanes of at least 4 members (excludes halogenated alkanes) is 15. The molecular formula is C22H46O2S. The van der Waals surface area contributed by atoms with Crippen molar-refractivity contribution in [2.75, 3.05) is 18.1 Å². The Morgan fingerprint density at radius 2 is 1.04 bits per heavy atom. The first kappa shape index (κ1) is 25.3. The van der Waals surface area contributed by atoms with Crippen LogP contribution < -0.4 is 0 Å². The Morgan fingerprint density at radius 3 is 1.44 bits per heavy atom. The first-order valence-electron chi connectivity index (χ1n) is 11.2. The summed E-state index contributed by atoms with van der Waals surface area (Å²) in [6.07, 6.45) is 23.0. The van der Waals surface area contributed by atoms with E-state index in [2.05, 4.69) is 6.92 Å². The predicted molar refractivity (Wildman–Crippen MR) is 115 cm³/mol. The van der Waals surface area contributed by atoms with Crippen molar-refractivity contribution < 1.29 is 10.2 Å². The first-order chi connectivity index (χ1) is 12.3. The molecule has 1 unspecified atom stereocenters. The SMILES string of the molecule is CCCCCCCCCCCCCCCCCCC(O)CSCCO. The van der Waals surface area contributed by atoms with Crippen LogP contribution in [0.5, 0.6) is 0 Å². The summed E-state index contributed by atoms with van der Waals surface area (Å²) < 4.78 is 0. The highest BCUT2D eigenvalue weighted by Crippen LogP contribution is 2.15. The van der Waals surface area contributed by atoms with Crippen LogP contribution in [0.4, 0.5) is 0 Å². The lowest BCUT2D eigenvalue weighted by molar-refractivity contribution is 0.184. The van der Waals surface area contributed by atoms with Gasteiger partial charge >= 0.3 is 0 Å². The summed E-state index contributed by atoms with van der Waals surface area (Å²) in [5.41, 5.74) is 0. The highest BCUT2D eigenvalue weighted by molar-refractivity contribution is 7.99.